The van der Waals surface area contributed by atoms with Crippen molar-refractivity contribution in [3.63, 3.8) is 0 Å². The first-order valence-electron chi connectivity index (χ1n) is 15.6. The maximum absolute atomic E-state index is 13.5. The Labute approximate surface area is 306 Å². The summed E-state index contributed by atoms with van der Waals surface area (Å²) < 4.78 is 41.8. The van der Waals surface area contributed by atoms with Crippen molar-refractivity contribution in [3.05, 3.63) is 47.2 Å². The number of benzene rings is 1. The van der Waals surface area contributed by atoms with Gasteiger partial charge in [-0.15, -0.1) is 15.6 Å². The van der Waals surface area contributed by atoms with E-state index in [1.807, 2.05) is 6.07 Å². The number of carbonyl (C=O) groups excluding carboxylic acids is 2. The van der Waals surface area contributed by atoms with Crippen LogP contribution in [0.4, 0.5) is 11.1 Å². The number of thiazole rings is 1. The molecule has 9 N–H and O–H groups in total. The molecule has 286 valence electrons. The molecule has 0 saturated carbocycles. The van der Waals surface area contributed by atoms with Crippen LogP contribution in [-0.2, 0) is 45.1 Å². The highest BCUT2D eigenvalue weighted by atomic mass is 32.3. The van der Waals surface area contributed by atoms with Crippen molar-refractivity contribution in [1.82, 2.24) is 25.3 Å². The maximum Gasteiger partial charge on any atom is 0.418 e. The number of carboxylic acid groups (broad SMARTS) is 2. The van der Waals surface area contributed by atoms with Gasteiger partial charge in [-0.1, -0.05) is 11.2 Å². The monoisotopic (exact) mass is 779 g/mol. The zero-order valence-electron chi connectivity index (χ0n) is 28.5. The second-order valence-electron chi connectivity index (χ2n) is 12.1. The van der Waals surface area contributed by atoms with Gasteiger partial charge in [0, 0.05) is 29.9 Å². The molecule has 21 nitrogen and oxygen atoms in total. The van der Waals surface area contributed by atoms with Crippen molar-refractivity contribution in [2.45, 2.75) is 63.3 Å². The van der Waals surface area contributed by atoms with Crippen LogP contribution in [0, 0.1) is 0 Å². The number of amides is 2. The Kier molecular flexibility index (Phi) is 12.5. The Bertz CT molecular complexity index is 1970. The summed E-state index contributed by atoms with van der Waals surface area (Å²) in [6.45, 7) is 4.94. The first-order valence-corrected chi connectivity index (χ1v) is 17.9. The number of aliphatic carboxylic acids is 1. The number of nitrogens with two attached hydrogens (primary N) is 2. The summed E-state index contributed by atoms with van der Waals surface area (Å²) in [6, 6.07) is 4.07. The summed E-state index contributed by atoms with van der Waals surface area (Å²) >= 11 is 0.964. The predicted octanol–water partition coefficient (Wildman–Crippen LogP) is 0.442. The third kappa shape index (κ3) is 9.31. The maximum atomic E-state index is 13.5. The second kappa shape index (κ2) is 16.5. The number of β-lactam (4-membered cyclic amide) rings is 1. The number of anilines is 2. The molecule has 2 aliphatic rings. The standard InChI is InChI=1S/C29H35N9O10S2.CH2O2/c1-28(2)22(24(40)38(28)48-50(43,44)45)36-23(39)21(18-14-49-26(31)35-18)37-47-29(3,25(41)42)20-8-6-16-11-15(5-7-19(16)46-20)17-12-33-27(34-13-17)32-10-4-9-30;2-1-3/h5,7,11-14,20,22H,4,6,8-10,30H2,1-3H3,(H2,31,35)(H,36,39)(H,41,42)(H,32,33,34)(H,43,44,45);1H,(H,2,3)/b37-21-;/t20-,22-,29?;/m1./s1. The molecule has 2 aliphatic heterocycles. The fourth-order valence-electron chi connectivity index (χ4n) is 5.22. The van der Waals surface area contributed by atoms with Gasteiger partial charge in [-0.05, 0) is 69.8 Å². The number of aryl methyl sites for hydroxylation is 1. The Morgan fingerprint density at radius 3 is 2.51 bits per heavy atom. The summed E-state index contributed by atoms with van der Waals surface area (Å²) in [5, 5.41) is 28.4. The van der Waals surface area contributed by atoms with Crippen LogP contribution in [-0.4, -0.2) is 110 Å². The molecule has 1 aromatic carbocycles. The molecule has 3 aromatic rings. The fourth-order valence-corrected chi connectivity index (χ4v) is 6.22. The van der Waals surface area contributed by atoms with E-state index in [0.717, 1.165) is 34.4 Å². The van der Waals surface area contributed by atoms with E-state index >= 15 is 0 Å². The number of ether oxygens (including phenoxy) is 1. The molecule has 0 radical (unpaired) electrons. The van der Waals surface area contributed by atoms with Crippen LogP contribution in [0.1, 0.15) is 44.9 Å². The summed E-state index contributed by atoms with van der Waals surface area (Å²) in [5.74, 6) is -2.54. The van der Waals surface area contributed by atoms with E-state index in [1.54, 1.807) is 24.5 Å². The van der Waals surface area contributed by atoms with Crippen molar-refractivity contribution >= 4 is 62.8 Å². The fraction of sp³-hybridized carbons (Fsp3) is 0.400. The molecule has 5 rings (SSSR count). The second-order valence-corrected chi connectivity index (χ2v) is 14.0. The smallest absolute Gasteiger partial charge is 0.418 e. The lowest BCUT2D eigenvalue weighted by molar-refractivity contribution is -0.218. The van der Waals surface area contributed by atoms with Crippen LogP contribution in [0.25, 0.3) is 11.1 Å². The number of fused-ring (bicyclic) bond motifs is 1. The molecular formula is C30H37N9O12S2. The van der Waals surface area contributed by atoms with Crippen LogP contribution >= 0.6 is 11.3 Å². The lowest BCUT2D eigenvalue weighted by Gasteiger charge is -2.50. The minimum absolute atomic E-state index is 0.0579. The summed E-state index contributed by atoms with van der Waals surface area (Å²) in [6.07, 6.45) is 3.72. The molecule has 0 aliphatic carbocycles. The molecule has 1 saturated heterocycles. The quantitative estimate of drug-likeness (QED) is 0.0291. The molecule has 0 spiro atoms. The number of hydroxylamine groups is 2. The minimum atomic E-state index is -5.03. The normalized spacial score (nSPS) is 18.8. The zero-order chi connectivity index (χ0) is 39.1. The first-order chi connectivity index (χ1) is 24.9. The Hall–Kier alpha value is -5.49. The van der Waals surface area contributed by atoms with Crippen LogP contribution in [0.2, 0.25) is 0 Å². The van der Waals surface area contributed by atoms with E-state index < -0.39 is 57.2 Å². The molecule has 4 heterocycles. The van der Waals surface area contributed by atoms with Crippen molar-refractivity contribution in [1.29, 1.82) is 0 Å². The number of nitrogens with one attached hydrogen (secondary N) is 2. The largest absolute Gasteiger partial charge is 0.485 e. The van der Waals surface area contributed by atoms with Crippen molar-refractivity contribution in [2.75, 3.05) is 24.1 Å². The van der Waals surface area contributed by atoms with E-state index in [-0.39, 0.29) is 23.7 Å². The first kappa shape index (κ1) is 40.3. The van der Waals surface area contributed by atoms with Crippen LogP contribution in [0.15, 0.2) is 41.1 Å². The Morgan fingerprint density at radius 2 is 1.94 bits per heavy atom. The highest BCUT2D eigenvalue weighted by molar-refractivity contribution is 7.80. The molecule has 23 heteroatoms. The van der Waals surface area contributed by atoms with E-state index in [4.69, 9.17) is 35.5 Å². The number of hydrogen-bond donors (Lipinski definition) is 7. The number of hydrogen-bond acceptors (Lipinski definition) is 17. The number of nitrogen functional groups attached to an aromatic ring is 1. The van der Waals surface area contributed by atoms with Gasteiger partial charge in [0.15, 0.2) is 16.9 Å². The third-order valence-corrected chi connectivity index (χ3v) is 9.13. The molecular weight excluding hydrogens is 743 g/mol. The SMILES string of the molecule is CC(O/N=C(\C(=O)N[C@@H]1C(=O)N(OS(=O)(=O)O)C1(C)C)c1csc(N)n1)(C(=O)O)[C@H]1CCc2cc(-c3cnc(NCCCN)nc3)ccc2O1.O=CO. The van der Waals surface area contributed by atoms with E-state index in [2.05, 4.69) is 35.0 Å². The average Bonchev–Trinajstić information content (AvgIpc) is 3.54. The number of nitrogens with zero attached hydrogens (tertiary/aromatic N) is 5. The molecule has 3 atom stereocenters. The topological polar surface area (TPSA) is 321 Å². The molecule has 1 unspecified atom stereocenters. The van der Waals surface area contributed by atoms with Crippen molar-refractivity contribution in [3.8, 4) is 16.9 Å². The highest BCUT2D eigenvalue weighted by Crippen LogP contribution is 2.37. The number of oxime groups is 1. The van der Waals surface area contributed by atoms with Crippen LogP contribution < -0.4 is 26.8 Å². The molecule has 1 fully saturated rings. The van der Waals surface area contributed by atoms with Gasteiger partial charge in [0.1, 0.15) is 17.5 Å². The number of rotatable bonds is 14. The summed E-state index contributed by atoms with van der Waals surface area (Å²) in [7, 11) is -5.03. The predicted molar refractivity (Wildman–Crippen MR) is 187 cm³/mol. The van der Waals surface area contributed by atoms with Crippen LogP contribution in [0.3, 0.4) is 0 Å². The Morgan fingerprint density at radius 1 is 1.26 bits per heavy atom. The van der Waals surface area contributed by atoms with Gasteiger partial charge in [0.25, 0.3) is 23.9 Å². The number of aromatic nitrogens is 3. The van der Waals surface area contributed by atoms with Gasteiger partial charge in [-0.25, -0.2) is 19.7 Å². The Balaban J connectivity index is 0.00000202. The molecule has 2 amide bonds. The average molecular weight is 780 g/mol. The van der Waals surface area contributed by atoms with Gasteiger partial charge < -0.3 is 41.9 Å². The van der Waals surface area contributed by atoms with Gasteiger partial charge in [0.2, 0.25) is 5.95 Å². The third-order valence-electron chi connectivity index (χ3n) is 8.12. The van der Waals surface area contributed by atoms with Gasteiger partial charge in [-0.2, -0.15) is 13.5 Å². The summed E-state index contributed by atoms with van der Waals surface area (Å²) in [4.78, 5) is 65.4. The number of carbonyl (C=O) groups is 4. The lowest BCUT2D eigenvalue weighted by atomic mass is 9.84. The van der Waals surface area contributed by atoms with E-state index in [1.165, 1.54) is 26.2 Å². The molecule has 2 aromatic heterocycles. The minimum Gasteiger partial charge on any atom is -0.485 e. The van der Waals surface area contributed by atoms with E-state index in [9.17, 15) is 27.9 Å². The zero-order valence-corrected chi connectivity index (χ0v) is 30.1. The van der Waals surface area contributed by atoms with Gasteiger partial charge in [0.05, 0.1) is 5.54 Å². The highest BCUT2D eigenvalue weighted by Gasteiger charge is 2.58. The number of carboxylic acids is 1. The van der Waals surface area contributed by atoms with Gasteiger partial charge >= 0.3 is 16.4 Å². The molecule has 0 bridgehead atoms. The van der Waals surface area contributed by atoms with E-state index in [0.29, 0.717) is 36.3 Å². The molecule has 53 heavy (non-hydrogen) atoms. The van der Waals surface area contributed by atoms with Crippen molar-refractivity contribution < 1.29 is 56.2 Å². The summed E-state index contributed by atoms with van der Waals surface area (Å²) in [5.41, 5.74) is 9.54. The van der Waals surface area contributed by atoms with Crippen molar-refractivity contribution in [2.24, 2.45) is 10.9 Å². The lowest BCUT2D eigenvalue weighted by Crippen LogP contribution is -2.76. The van der Waals surface area contributed by atoms with Gasteiger partial charge in [-0.3, -0.25) is 18.9 Å². The van der Waals surface area contributed by atoms with Crippen LogP contribution in [0.5, 0.6) is 5.75 Å².